The second-order valence-corrected chi connectivity index (χ2v) is 4.86. The lowest BCUT2D eigenvalue weighted by molar-refractivity contribution is -0.137. The molecule has 0 saturated carbocycles. The number of carboxylic acid groups (broad SMARTS) is 1. The molecule has 0 amide bonds. The molecule has 18 heavy (non-hydrogen) atoms. The standard InChI is InChI=1S/C9H21N.C6H12O2/c1-4-6-8-10(3)9-7-5-2;1-2-3-4-5-6(7)8/h4-9H2,1-3H3;2-5H2,1H3,(H,7,8). The van der Waals surface area contributed by atoms with Gasteiger partial charge in [0, 0.05) is 6.42 Å². The Kier molecular flexibility index (Phi) is 18.0. The smallest absolute Gasteiger partial charge is 0.303 e. The first-order valence-corrected chi connectivity index (χ1v) is 7.48. The molecular weight excluding hydrogens is 226 g/mol. The fraction of sp³-hybridized carbons (Fsp3) is 0.933. The van der Waals surface area contributed by atoms with Gasteiger partial charge in [0.15, 0.2) is 0 Å². The molecular formula is C15H33NO2. The molecule has 0 rings (SSSR count). The monoisotopic (exact) mass is 259 g/mol. The van der Waals surface area contributed by atoms with E-state index in [0.717, 1.165) is 19.3 Å². The van der Waals surface area contributed by atoms with Crippen LogP contribution in [0.15, 0.2) is 0 Å². The van der Waals surface area contributed by atoms with Crippen molar-refractivity contribution in [3.63, 3.8) is 0 Å². The van der Waals surface area contributed by atoms with Gasteiger partial charge in [-0.05, 0) is 39.4 Å². The summed E-state index contributed by atoms with van der Waals surface area (Å²) in [6, 6.07) is 0. The van der Waals surface area contributed by atoms with Crippen molar-refractivity contribution in [1.29, 1.82) is 0 Å². The van der Waals surface area contributed by atoms with E-state index in [4.69, 9.17) is 5.11 Å². The van der Waals surface area contributed by atoms with E-state index in [-0.39, 0.29) is 0 Å². The summed E-state index contributed by atoms with van der Waals surface area (Å²) in [5, 5.41) is 8.14. The van der Waals surface area contributed by atoms with E-state index in [1.165, 1.54) is 38.8 Å². The number of unbranched alkanes of at least 4 members (excludes halogenated alkanes) is 4. The molecule has 0 radical (unpaired) electrons. The molecule has 0 bridgehead atoms. The van der Waals surface area contributed by atoms with Crippen molar-refractivity contribution in [2.45, 2.75) is 72.1 Å². The normalized spacial score (nSPS) is 10.1. The number of hydrogen-bond acceptors (Lipinski definition) is 2. The Labute approximate surface area is 114 Å². The highest BCUT2D eigenvalue weighted by Crippen LogP contribution is 1.97. The quantitative estimate of drug-likeness (QED) is 0.599. The molecule has 0 heterocycles. The number of nitrogens with zero attached hydrogens (tertiary/aromatic N) is 1. The maximum atomic E-state index is 9.87. The van der Waals surface area contributed by atoms with Crippen LogP contribution >= 0.6 is 0 Å². The predicted octanol–water partition coefficient (Wildman–Crippen LogP) is 4.17. The fourth-order valence-corrected chi connectivity index (χ4v) is 1.49. The van der Waals surface area contributed by atoms with Gasteiger partial charge in [-0.25, -0.2) is 0 Å². The number of carboxylic acids is 1. The topological polar surface area (TPSA) is 40.5 Å². The van der Waals surface area contributed by atoms with Crippen molar-refractivity contribution >= 4 is 5.97 Å². The second-order valence-electron chi connectivity index (χ2n) is 4.86. The van der Waals surface area contributed by atoms with Crippen molar-refractivity contribution in [2.24, 2.45) is 0 Å². The van der Waals surface area contributed by atoms with Crippen LogP contribution in [-0.2, 0) is 4.79 Å². The maximum absolute atomic E-state index is 9.87. The number of aliphatic carboxylic acids is 1. The molecule has 0 aliphatic heterocycles. The highest BCUT2D eigenvalue weighted by atomic mass is 16.4. The van der Waals surface area contributed by atoms with E-state index in [0.29, 0.717) is 6.42 Å². The Hall–Kier alpha value is -0.570. The summed E-state index contributed by atoms with van der Waals surface area (Å²) < 4.78 is 0. The first-order valence-electron chi connectivity index (χ1n) is 7.48. The van der Waals surface area contributed by atoms with E-state index in [1.807, 2.05) is 0 Å². The third-order valence-corrected chi connectivity index (χ3v) is 2.78. The van der Waals surface area contributed by atoms with Crippen LogP contribution in [0, 0.1) is 0 Å². The third kappa shape index (κ3) is 20.8. The van der Waals surface area contributed by atoms with Gasteiger partial charge in [-0.15, -0.1) is 0 Å². The summed E-state index contributed by atoms with van der Waals surface area (Å²) in [4.78, 5) is 12.3. The summed E-state index contributed by atoms with van der Waals surface area (Å²) in [5.41, 5.74) is 0. The molecule has 0 atom stereocenters. The molecule has 1 N–H and O–H groups in total. The van der Waals surface area contributed by atoms with Gasteiger partial charge in [-0.2, -0.15) is 0 Å². The Morgan fingerprint density at radius 3 is 1.67 bits per heavy atom. The van der Waals surface area contributed by atoms with Gasteiger partial charge >= 0.3 is 5.97 Å². The average Bonchev–Trinajstić information content (AvgIpc) is 2.34. The molecule has 0 aliphatic rings. The SMILES string of the molecule is CCCCCC(=O)O.CCCCN(C)CCCC. The van der Waals surface area contributed by atoms with Gasteiger partial charge in [0.2, 0.25) is 0 Å². The number of hydrogen-bond donors (Lipinski definition) is 1. The zero-order valence-corrected chi connectivity index (χ0v) is 12.9. The third-order valence-electron chi connectivity index (χ3n) is 2.78. The van der Waals surface area contributed by atoms with E-state index in [1.54, 1.807) is 0 Å². The lowest BCUT2D eigenvalue weighted by atomic mass is 10.2. The van der Waals surface area contributed by atoms with Crippen molar-refractivity contribution in [3.8, 4) is 0 Å². The minimum atomic E-state index is -0.682. The largest absolute Gasteiger partial charge is 0.481 e. The van der Waals surface area contributed by atoms with E-state index >= 15 is 0 Å². The lowest BCUT2D eigenvalue weighted by Gasteiger charge is -2.14. The molecule has 3 nitrogen and oxygen atoms in total. The summed E-state index contributed by atoms with van der Waals surface area (Å²) in [5.74, 6) is -0.682. The van der Waals surface area contributed by atoms with Crippen molar-refractivity contribution in [3.05, 3.63) is 0 Å². The van der Waals surface area contributed by atoms with Crippen LogP contribution in [0.1, 0.15) is 72.1 Å². The van der Waals surface area contributed by atoms with Crippen molar-refractivity contribution < 1.29 is 9.90 Å². The predicted molar refractivity (Wildman–Crippen MR) is 79.1 cm³/mol. The summed E-state index contributed by atoms with van der Waals surface area (Å²) in [6.07, 6.45) is 8.60. The average molecular weight is 259 g/mol. The van der Waals surface area contributed by atoms with Gasteiger partial charge < -0.3 is 10.0 Å². The molecule has 3 heteroatoms. The first kappa shape index (κ1) is 19.8. The van der Waals surface area contributed by atoms with Crippen LogP contribution < -0.4 is 0 Å². The van der Waals surface area contributed by atoms with Crippen LogP contribution in [0.5, 0.6) is 0 Å². The van der Waals surface area contributed by atoms with Crippen LogP contribution in [0.2, 0.25) is 0 Å². The summed E-state index contributed by atoms with van der Waals surface area (Å²) in [7, 11) is 2.21. The van der Waals surface area contributed by atoms with Gasteiger partial charge in [0.05, 0.1) is 0 Å². The highest BCUT2D eigenvalue weighted by molar-refractivity contribution is 5.66. The molecule has 0 aromatic rings. The summed E-state index contributed by atoms with van der Waals surface area (Å²) >= 11 is 0. The number of carbonyl (C=O) groups is 1. The van der Waals surface area contributed by atoms with Crippen molar-refractivity contribution in [1.82, 2.24) is 4.90 Å². The van der Waals surface area contributed by atoms with E-state index in [2.05, 4.69) is 32.7 Å². The fourth-order valence-electron chi connectivity index (χ4n) is 1.49. The zero-order chi connectivity index (χ0) is 14.2. The molecule has 0 unspecified atom stereocenters. The van der Waals surface area contributed by atoms with Crippen LogP contribution in [-0.4, -0.2) is 36.1 Å². The maximum Gasteiger partial charge on any atom is 0.303 e. The molecule has 0 aliphatic carbocycles. The Morgan fingerprint density at radius 2 is 1.33 bits per heavy atom. The van der Waals surface area contributed by atoms with E-state index < -0.39 is 5.97 Å². The molecule has 0 saturated heterocycles. The van der Waals surface area contributed by atoms with Gasteiger partial charge in [-0.3, -0.25) is 4.79 Å². The molecule has 0 spiro atoms. The lowest BCUT2D eigenvalue weighted by Crippen LogP contribution is -2.20. The molecule has 0 aromatic carbocycles. The van der Waals surface area contributed by atoms with Gasteiger partial charge in [0.1, 0.15) is 0 Å². The van der Waals surface area contributed by atoms with Crippen LogP contribution in [0.3, 0.4) is 0 Å². The molecule has 0 aromatic heterocycles. The second kappa shape index (κ2) is 16.4. The number of rotatable bonds is 10. The van der Waals surface area contributed by atoms with Crippen molar-refractivity contribution in [2.75, 3.05) is 20.1 Å². The van der Waals surface area contributed by atoms with Crippen LogP contribution in [0.4, 0.5) is 0 Å². The Balaban J connectivity index is 0. The van der Waals surface area contributed by atoms with Gasteiger partial charge in [-0.1, -0.05) is 46.5 Å². The Bertz CT molecular complexity index is 164. The minimum absolute atomic E-state index is 0.327. The minimum Gasteiger partial charge on any atom is -0.481 e. The highest BCUT2D eigenvalue weighted by Gasteiger charge is 1.94. The van der Waals surface area contributed by atoms with E-state index in [9.17, 15) is 4.79 Å². The van der Waals surface area contributed by atoms with Crippen LogP contribution in [0.25, 0.3) is 0 Å². The zero-order valence-electron chi connectivity index (χ0n) is 12.9. The first-order chi connectivity index (χ1) is 8.58. The molecule has 110 valence electrons. The molecule has 0 fully saturated rings. The van der Waals surface area contributed by atoms with Gasteiger partial charge in [0.25, 0.3) is 0 Å². The summed E-state index contributed by atoms with van der Waals surface area (Å²) in [6.45, 7) is 9.09. The Morgan fingerprint density at radius 1 is 0.889 bits per heavy atom.